The lowest BCUT2D eigenvalue weighted by Crippen LogP contribution is -2.25. The Labute approximate surface area is 209 Å². The number of para-hydroxylation sites is 2. The quantitative estimate of drug-likeness (QED) is 0.179. The number of anilines is 1. The highest BCUT2D eigenvalue weighted by Crippen LogP contribution is 2.28. The van der Waals surface area contributed by atoms with Gasteiger partial charge in [-0.05, 0) is 44.0 Å². The third kappa shape index (κ3) is 6.38. The summed E-state index contributed by atoms with van der Waals surface area (Å²) < 4.78 is 7.29. The van der Waals surface area contributed by atoms with Crippen LogP contribution in [-0.4, -0.2) is 33.9 Å². The minimum atomic E-state index is -0.157. The molecule has 1 heterocycles. The molecule has 0 bridgehead atoms. The van der Waals surface area contributed by atoms with Gasteiger partial charge in [-0.2, -0.15) is 0 Å². The van der Waals surface area contributed by atoms with Crippen molar-refractivity contribution >= 4 is 34.3 Å². The first-order valence-electron chi connectivity index (χ1n) is 11.7. The highest BCUT2D eigenvalue weighted by Gasteiger charge is 2.14. The van der Waals surface area contributed by atoms with Gasteiger partial charge in [0.15, 0.2) is 5.16 Å². The molecule has 0 radical (unpaired) electrons. The number of nitrogens with zero attached hydrogens (tertiary/aromatic N) is 2. The molecule has 35 heavy (non-hydrogen) atoms. The lowest BCUT2D eigenvalue weighted by atomic mass is 10.0. The topological polar surface area (TPSA) is 73.2 Å². The Kier molecular flexibility index (Phi) is 8.34. The zero-order valence-corrected chi connectivity index (χ0v) is 20.8. The molecule has 0 fully saturated rings. The maximum Gasteiger partial charge on any atom is 0.262 e. The van der Waals surface area contributed by atoms with Crippen molar-refractivity contribution in [1.29, 1.82) is 0 Å². The Morgan fingerprint density at radius 3 is 2.51 bits per heavy atom. The van der Waals surface area contributed by atoms with Gasteiger partial charge in [-0.15, -0.1) is 0 Å². The standard InChI is InChI=1S/C28H29N3O3S/c1-20(2)34-18-10-17-31-27(33)23-14-7-9-16-25(23)30-28(31)35-19-26(32)29-24-15-8-6-13-22(24)21-11-4-3-5-12-21/h3-9,11-16,20H,10,17-19H2,1-2H3,(H,29,32). The molecule has 1 aromatic heterocycles. The van der Waals surface area contributed by atoms with Crippen molar-refractivity contribution in [3.63, 3.8) is 0 Å². The number of carbonyl (C=O) groups excluding carboxylic acids is 1. The van der Waals surface area contributed by atoms with E-state index in [-0.39, 0.29) is 23.3 Å². The van der Waals surface area contributed by atoms with Crippen molar-refractivity contribution in [2.24, 2.45) is 0 Å². The third-order valence-corrected chi connectivity index (χ3v) is 6.40. The number of fused-ring (bicyclic) bond motifs is 1. The summed E-state index contributed by atoms with van der Waals surface area (Å²) >= 11 is 1.27. The van der Waals surface area contributed by atoms with Crippen LogP contribution in [0, 0.1) is 0 Å². The normalized spacial score (nSPS) is 11.2. The second kappa shape index (κ2) is 11.8. The Balaban J connectivity index is 1.51. The van der Waals surface area contributed by atoms with Gasteiger partial charge in [-0.1, -0.05) is 72.4 Å². The maximum atomic E-state index is 13.2. The van der Waals surface area contributed by atoms with Crippen LogP contribution in [0.1, 0.15) is 20.3 Å². The molecule has 1 amide bonds. The number of aromatic nitrogens is 2. The third-order valence-electron chi connectivity index (χ3n) is 5.42. The van der Waals surface area contributed by atoms with E-state index in [0.717, 1.165) is 16.8 Å². The van der Waals surface area contributed by atoms with E-state index >= 15 is 0 Å². The SMILES string of the molecule is CC(C)OCCCn1c(SCC(=O)Nc2ccccc2-c2ccccc2)nc2ccccc2c1=O. The Morgan fingerprint density at radius 2 is 1.71 bits per heavy atom. The second-order valence-electron chi connectivity index (χ2n) is 8.39. The van der Waals surface area contributed by atoms with Gasteiger partial charge < -0.3 is 10.1 Å². The number of hydrogen-bond acceptors (Lipinski definition) is 5. The average molecular weight is 488 g/mol. The van der Waals surface area contributed by atoms with E-state index in [4.69, 9.17) is 9.72 Å². The highest BCUT2D eigenvalue weighted by molar-refractivity contribution is 7.99. The molecule has 1 N–H and O–H groups in total. The van der Waals surface area contributed by atoms with Crippen LogP contribution in [-0.2, 0) is 16.1 Å². The van der Waals surface area contributed by atoms with E-state index in [1.807, 2.05) is 86.6 Å². The molecule has 180 valence electrons. The van der Waals surface area contributed by atoms with Gasteiger partial charge in [0, 0.05) is 24.4 Å². The average Bonchev–Trinajstić information content (AvgIpc) is 2.87. The fourth-order valence-corrected chi connectivity index (χ4v) is 4.60. The molecular weight excluding hydrogens is 458 g/mol. The van der Waals surface area contributed by atoms with Crippen LogP contribution in [0.2, 0.25) is 0 Å². The van der Waals surface area contributed by atoms with Gasteiger partial charge in [-0.25, -0.2) is 4.98 Å². The van der Waals surface area contributed by atoms with Crippen molar-refractivity contribution < 1.29 is 9.53 Å². The van der Waals surface area contributed by atoms with Gasteiger partial charge in [0.2, 0.25) is 5.91 Å². The summed E-state index contributed by atoms with van der Waals surface area (Å²) in [5.74, 6) is -0.0216. The Bertz CT molecular complexity index is 1350. The van der Waals surface area contributed by atoms with Crippen LogP contribution in [0.5, 0.6) is 0 Å². The molecule has 3 aromatic carbocycles. The smallest absolute Gasteiger partial charge is 0.262 e. The second-order valence-corrected chi connectivity index (χ2v) is 9.33. The Morgan fingerprint density at radius 1 is 1.00 bits per heavy atom. The van der Waals surface area contributed by atoms with Crippen LogP contribution in [0.15, 0.2) is 88.8 Å². The van der Waals surface area contributed by atoms with Gasteiger partial charge >= 0.3 is 0 Å². The molecule has 7 heteroatoms. The number of nitrogens with one attached hydrogen (secondary N) is 1. The number of rotatable bonds is 10. The summed E-state index contributed by atoms with van der Waals surface area (Å²) in [6.45, 7) is 5.00. The van der Waals surface area contributed by atoms with Crippen molar-refractivity contribution in [3.8, 4) is 11.1 Å². The first-order chi connectivity index (χ1) is 17.0. The summed E-state index contributed by atoms with van der Waals surface area (Å²) in [4.78, 5) is 30.8. The van der Waals surface area contributed by atoms with Gasteiger partial charge in [-0.3, -0.25) is 14.2 Å². The lowest BCUT2D eigenvalue weighted by molar-refractivity contribution is -0.113. The van der Waals surface area contributed by atoms with Crippen molar-refractivity contribution in [1.82, 2.24) is 9.55 Å². The predicted molar refractivity (Wildman–Crippen MR) is 143 cm³/mol. The minimum Gasteiger partial charge on any atom is -0.379 e. The number of carbonyl (C=O) groups is 1. The maximum absolute atomic E-state index is 13.2. The molecule has 0 aliphatic carbocycles. The summed E-state index contributed by atoms with van der Waals surface area (Å²) in [7, 11) is 0. The van der Waals surface area contributed by atoms with Crippen molar-refractivity contribution in [3.05, 3.63) is 89.2 Å². The van der Waals surface area contributed by atoms with Crippen molar-refractivity contribution in [2.75, 3.05) is 17.7 Å². The summed E-state index contributed by atoms with van der Waals surface area (Å²) in [5, 5.41) is 4.12. The van der Waals surface area contributed by atoms with Gasteiger partial charge in [0.25, 0.3) is 5.56 Å². The molecule has 0 aliphatic heterocycles. The van der Waals surface area contributed by atoms with Crippen molar-refractivity contribution in [2.45, 2.75) is 38.1 Å². The number of amides is 1. The van der Waals surface area contributed by atoms with E-state index in [1.54, 1.807) is 10.6 Å². The fraction of sp³-hybridized carbons (Fsp3) is 0.250. The largest absolute Gasteiger partial charge is 0.379 e. The number of hydrogen-bond donors (Lipinski definition) is 1. The number of ether oxygens (including phenoxy) is 1. The predicted octanol–water partition coefficient (Wildman–Crippen LogP) is 5.61. The summed E-state index contributed by atoms with van der Waals surface area (Å²) in [5.41, 5.74) is 3.27. The highest BCUT2D eigenvalue weighted by atomic mass is 32.2. The molecule has 0 saturated heterocycles. The van der Waals surface area contributed by atoms with Crippen LogP contribution in [0.3, 0.4) is 0 Å². The number of benzene rings is 3. The fourth-order valence-electron chi connectivity index (χ4n) is 3.77. The molecule has 4 aromatic rings. The van der Waals surface area contributed by atoms with Gasteiger partial charge in [0.1, 0.15) is 0 Å². The molecule has 0 unspecified atom stereocenters. The number of thioether (sulfide) groups is 1. The Hall–Kier alpha value is -3.42. The lowest BCUT2D eigenvalue weighted by Gasteiger charge is -2.14. The summed E-state index contributed by atoms with van der Waals surface area (Å²) in [6, 6.07) is 25.0. The van der Waals surface area contributed by atoms with Crippen LogP contribution < -0.4 is 10.9 Å². The van der Waals surface area contributed by atoms with E-state index in [0.29, 0.717) is 35.6 Å². The van der Waals surface area contributed by atoms with Crippen LogP contribution in [0.4, 0.5) is 5.69 Å². The van der Waals surface area contributed by atoms with Crippen LogP contribution >= 0.6 is 11.8 Å². The molecule has 0 saturated carbocycles. The first-order valence-corrected chi connectivity index (χ1v) is 12.7. The molecule has 0 aliphatic rings. The molecule has 6 nitrogen and oxygen atoms in total. The van der Waals surface area contributed by atoms with Crippen LogP contribution in [0.25, 0.3) is 22.0 Å². The molecular formula is C28H29N3O3S. The van der Waals surface area contributed by atoms with E-state index in [9.17, 15) is 9.59 Å². The van der Waals surface area contributed by atoms with E-state index in [1.165, 1.54) is 11.8 Å². The zero-order chi connectivity index (χ0) is 24.6. The first kappa shape index (κ1) is 24.7. The minimum absolute atomic E-state index is 0.0996. The monoisotopic (exact) mass is 487 g/mol. The molecule has 0 atom stereocenters. The van der Waals surface area contributed by atoms with Gasteiger partial charge in [0.05, 0.1) is 22.8 Å². The molecule has 4 rings (SSSR count). The van der Waals surface area contributed by atoms with E-state index in [2.05, 4.69) is 5.32 Å². The zero-order valence-electron chi connectivity index (χ0n) is 19.9. The molecule has 0 spiro atoms. The summed E-state index contributed by atoms with van der Waals surface area (Å²) in [6.07, 6.45) is 0.820. The van der Waals surface area contributed by atoms with E-state index < -0.39 is 0 Å².